The summed E-state index contributed by atoms with van der Waals surface area (Å²) < 4.78 is 20.3. The molecule has 1 heterocycles. The number of rotatable bonds is 12. The Morgan fingerprint density at radius 1 is 1.24 bits per heavy atom. The summed E-state index contributed by atoms with van der Waals surface area (Å²) in [5.74, 6) is -0.454. The summed E-state index contributed by atoms with van der Waals surface area (Å²) in [5, 5.41) is 0. The molecule has 0 unspecified atom stereocenters. The van der Waals surface area contributed by atoms with Gasteiger partial charge in [-0.3, -0.25) is 4.79 Å². The fourth-order valence-corrected chi connectivity index (χ4v) is 1.49. The Morgan fingerprint density at radius 3 is 2.52 bits per heavy atom. The monoisotopic (exact) mass is 301 g/mol. The summed E-state index contributed by atoms with van der Waals surface area (Å²) in [6.07, 6.45) is 3.53. The van der Waals surface area contributed by atoms with E-state index in [1.807, 2.05) is 0 Å². The number of aromatic nitrogens is 2. The zero-order chi connectivity index (χ0) is 15.3. The second kappa shape index (κ2) is 11.2. The van der Waals surface area contributed by atoms with Crippen LogP contribution in [0.25, 0.3) is 0 Å². The van der Waals surface area contributed by atoms with Gasteiger partial charge in [-0.25, -0.2) is 4.98 Å². The van der Waals surface area contributed by atoms with Crippen LogP contribution in [0.5, 0.6) is 0 Å². The Kier molecular flexibility index (Phi) is 9.38. The molecule has 0 spiro atoms. The van der Waals surface area contributed by atoms with Crippen LogP contribution in [-0.2, 0) is 30.2 Å². The molecule has 120 valence electrons. The van der Waals surface area contributed by atoms with Gasteiger partial charge < -0.3 is 29.7 Å². The summed E-state index contributed by atoms with van der Waals surface area (Å²) in [6, 6.07) is -0.706. The Hall–Kier alpha value is -1.48. The van der Waals surface area contributed by atoms with Crippen molar-refractivity contribution in [2.75, 3.05) is 46.8 Å². The van der Waals surface area contributed by atoms with E-state index in [4.69, 9.17) is 24.7 Å². The zero-order valence-electron chi connectivity index (χ0n) is 12.2. The number of carbonyl (C=O) groups excluding carboxylic acids is 1. The van der Waals surface area contributed by atoms with Crippen LogP contribution < -0.4 is 5.73 Å². The van der Waals surface area contributed by atoms with E-state index in [0.717, 1.165) is 5.69 Å². The third-order valence-electron chi connectivity index (χ3n) is 2.57. The second-order valence-electron chi connectivity index (χ2n) is 4.27. The molecule has 1 atom stereocenters. The standard InChI is InChI=1S/C13H23N3O5/c1-18-2-3-19-4-5-20-6-7-21-13(17)12(14)8-11-9-15-10-16-11/h9-10,12H,2-8,14H2,1H3,(H,15,16)/t12-/m1/s1. The van der Waals surface area contributed by atoms with Gasteiger partial charge in [0.25, 0.3) is 0 Å². The lowest BCUT2D eigenvalue weighted by molar-refractivity contribution is -0.146. The minimum Gasteiger partial charge on any atom is -0.462 e. The van der Waals surface area contributed by atoms with Crippen LogP contribution in [-0.4, -0.2) is 68.7 Å². The van der Waals surface area contributed by atoms with Crippen molar-refractivity contribution in [3.8, 4) is 0 Å². The van der Waals surface area contributed by atoms with Crippen LogP contribution in [0.1, 0.15) is 5.69 Å². The molecule has 0 aliphatic heterocycles. The largest absolute Gasteiger partial charge is 0.462 e. The van der Waals surface area contributed by atoms with Crippen molar-refractivity contribution in [3.05, 3.63) is 18.2 Å². The molecule has 0 bridgehead atoms. The highest BCUT2D eigenvalue weighted by Gasteiger charge is 2.16. The van der Waals surface area contributed by atoms with Gasteiger partial charge in [-0.15, -0.1) is 0 Å². The maximum atomic E-state index is 11.6. The third kappa shape index (κ3) is 8.41. The Labute approximate surface area is 123 Å². The van der Waals surface area contributed by atoms with Crippen molar-refractivity contribution in [1.29, 1.82) is 0 Å². The van der Waals surface area contributed by atoms with Crippen molar-refractivity contribution < 1.29 is 23.7 Å². The van der Waals surface area contributed by atoms with Crippen LogP contribution in [0.2, 0.25) is 0 Å². The topological polar surface area (TPSA) is 109 Å². The van der Waals surface area contributed by atoms with E-state index < -0.39 is 12.0 Å². The molecule has 1 aromatic rings. The first-order valence-electron chi connectivity index (χ1n) is 6.78. The maximum Gasteiger partial charge on any atom is 0.323 e. The molecular formula is C13H23N3O5. The number of nitrogens with two attached hydrogens (primary N) is 1. The fraction of sp³-hybridized carbons (Fsp3) is 0.692. The van der Waals surface area contributed by atoms with Gasteiger partial charge in [-0.2, -0.15) is 0 Å². The Balaban J connectivity index is 1.95. The lowest BCUT2D eigenvalue weighted by Crippen LogP contribution is -2.35. The van der Waals surface area contributed by atoms with Crippen molar-refractivity contribution in [2.45, 2.75) is 12.5 Å². The van der Waals surface area contributed by atoms with E-state index >= 15 is 0 Å². The molecule has 0 radical (unpaired) electrons. The fourth-order valence-electron chi connectivity index (χ4n) is 1.49. The van der Waals surface area contributed by atoms with Crippen LogP contribution in [0.3, 0.4) is 0 Å². The van der Waals surface area contributed by atoms with Gasteiger partial charge in [0.2, 0.25) is 0 Å². The molecular weight excluding hydrogens is 278 g/mol. The molecule has 1 rings (SSSR count). The molecule has 0 saturated carbocycles. The number of imidazole rings is 1. The minimum atomic E-state index is -0.706. The Morgan fingerprint density at radius 2 is 1.90 bits per heavy atom. The number of nitrogens with zero attached hydrogens (tertiary/aromatic N) is 1. The van der Waals surface area contributed by atoms with Crippen LogP contribution in [0.15, 0.2) is 12.5 Å². The molecule has 8 nitrogen and oxygen atoms in total. The average molecular weight is 301 g/mol. The van der Waals surface area contributed by atoms with Gasteiger partial charge in [-0.05, 0) is 0 Å². The van der Waals surface area contributed by atoms with E-state index in [1.165, 1.54) is 6.33 Å². The van der Waals surface area contributed by atoms with E-state index in [-0.39, 0.29) is 6.61 Å². The van der Waals surface area contributed by atoms with Gasteiger partial charge in [-0.1, -0.05) is 0 Å². The summed E-state index contributed by atoms with van der Waals surface area (Å²) in [6.45, 7) is 2.52. The van der Waals surface area contributed by atoms with Crippen LogP contribution in [0.4, 0.5) is 0 Å². The summed E-state index contributed by atoms with van der Waals surface area (Å²) in [4.78, 5) is 18.3. The number of methoxy groups -OCH3 is 1. The summed E-state index contributed by atoms with van der Waals surface area (Å²) in [5.41, 5.74) is 6.52. The highest BCUT2D eigenvalue weighted by Crippen LogP contribution is 1.98. The molecule has 0 amide bonds. The van der Waals surface area contributed by atoms with Crippen LogP contribution in [0, 0.1) is 0 Å². The molecule has 0 saturated heterocycles. The van der Waals surface area contributed by atoms with Crippen molar-refractivity contribution in [1.82, 2.24) is 9.97 Å². The maximum absolute atomic E-state index is 11.6. The highest BCUT2D eigenvalue weighted by atomic mass is 16.6. The molecule has 0 aliphatic carbocycles. The average Bonchev–Trinajstić information content (AvgIpc) is 2.98. The number of aromatic amines is 1. The highest BCUT2D eigenvalue weighted by molar-refractivity contribution is 5.75. The number of nitrogens with one attached hydrogen (secondary N) is 1. The third-order valence-corrected chi connectivity index (χ3v) is 2.57. The second-order valence-corrected chi connectivity index (χ2v) is 4.27. The molecule has 3 N–H and O–H groups in total. The SMILES string of the molecule is COCCOCCOCCOC(=O)[C@H](N)Cc1cnc[nH]1. The molecule has 0 fully saturated rings. The van der Waals surface area contributed by atoms with E-state index in [1.54, 1.807) is 13.3 Å². The smallest absolute Gasteiger partial charge is 0.323 e. The van der Waals surface area contributed by atoms with Crippen LogP contribution >= 0.6 is 0 Å². The minimum absolute atomic E-state index is 0.174. The van der Waals surface area contributed by atoms with E-state index in [0.29, 0.717) is 39.5 Å². The summed E-state index contributed by atoms with van der Waals surface area (Å²) in [7, 11) is 1.62. The normalized spacial score (nSPS) is 12.3. The van der Waals surface area contributed by atoms with E-state index in [2.05, 4.69) is 9.97 Å². The first-order chi connectivity index (χ1) is 10.2. The van der Waals surface area contributed by atoms with E-state index in [9.17, 15) is 4.79 Å². The number of H-pyrrole nitrogens is 1. The molecule has 0 aromatic carbocycles. The first-order valence-corrected chi connectivity index (χ1v) is 6.78. The number of hydrogen-bond donors (Lipinski definition) is 2. The van der Waals surface area contributed by atoms with Gasteiger partial charge in [0.1, 0.15) is 12.6 Å². The predicted molar refractivity (Wildman–Crippen MR) is 74.7 cm³/mol. The van der Waals surface area contributed by atoms with Gasteiger partial charge >= 0.3 is 5.97 Å². The number of esters is 1. The molecule has 0 aliphatic rings. The number of hydrogen-bond acceptors (Lipinski definition) is 7. The van der Waals surface area contributed by atoms with Crippen molar-refractivity contribution in [2.24, 2.45) is 5.73 Å². The predicted octanol–water partition coefficient (Wildman–Crippen LogP) is -0.498. The molecule has 21 heavy (non-hydrogen) atoms. The Bertz CT molecular complexity index is 372. The van der Waals surface area contributed by atoms with Gasteiger partial charge in [0.15, 0.2) is 0 Å². The van der Waals surface area contributed by atoms with Gasteiger partial charge in [0, 0.05) is 25.4 Å². The van der Waals surface area contributed by atoms with Crippen molar-refractivity contribution in [3.63, 3.8) is 0 Å². The lowest BCUT2D eigenvalue weighted by Gasteiger charge is -2.11. The molecule has 8 heteroatoms. The van der Waals surface area contributed by atoms with Gasteiger partial charge in [0.05, 0.1) is 39.4 Å². The van der Waals surface area contributed by atoms with Crippen molar-refractivity contribution >= 4 is 5.97 Å². The summed E-state index contributed by atoms with van der Waals surface area (Å²) >= 11 is 0. The number of ether oxygens (including phenoxy) is 4. The number of carbonyl (C=O) groups is 1. The zero-order valence-corrected chi connectivity index (χ0v) is 12.2. The molecule has 1 aromatic heterocycles. The lowest BCUT2D eigenvalue weighted by atomic mass is 10.2. The first kappa shape index (κ1) is 17.6. The quantitative estimate of drug-likeness (QED) is 0.396.